The zero-order chi connectivity index (χ0) is 13.2. The number of nitrogens with zero attached hydrogens (tertiary/aromatic N) is 4. The molecule has 0 radical (unpaired) electrons. The summed E-state index contributed by atoms with van der Waals surface area (Å²) < 4.78 is 2.14. The molecule has 0 N–H and O–H groups in total. The van der Waals surface area contributed by atoms with Crippen molar-refractivity contribution in [2.45, 2.75) is 19.9 Å². The first-order chi connectivity index (χ1) is 9.25. The second kappa shape index (κ2) is 4.93. The van der Waals surface area contributed by atoms with Crippen LogP contribution in [0.4, 0.5) is 0 Å². The largest absolute Gasteiger partial charge is 0.322 e. The predicted octanol–water partition coefficient (Wildman–Crippen LogP) is 3.32. The third-order valence-corrected chi connectivity index (χ3v) is 3.88. The normalized spacial score (nSPS) is 12.5. The van der Waals surface area contributed by atoms with E-state index in [1.807, 2.05) is 31.5 Å². The lowest BCUT2D eigenvalue weighted by Gasteiger charge is -2.14. The number of hydrogen-bond donors (Lipinski definition) is 0. The van der Waals surface area contributed by atoms with Crippen LogP contribution in [0.2, 0.25) is 0 Å². The predicted molar refractivity (Wildman–Crippen MR) is 76.1 cm³/mol. The highest BCUT2D eigenvalue weighted by molar-refractivity contribution is 7.09. The maximum atomic E-state index is 4.56. The maximum Gasteiger partial charge on any atom is 0.140 e. The molecule has 0 saturated heterocycles. The lowest BCUT2D eigenvalue weighted by molar-refractivity contribution is 0.629. The fraction of sp³-hybridized carbons (Fsp3) is 0.214. The van der Waals surface area contributed by atoms with E-state index >= 15 is 0 Å². The Balaban J connectivity index is 2.01. The smallest absolute Gasteiger partial charge is 0.140 e. The molecule has 0 aliphatic heterocycles. The molecule has 4 nitrogen and oxygen atoms in total. The minimum absolute atomic E-state index is 0.176. The Morgan fingerprint density at radius 2 is 2.00 bits per heavy atom. The van der Waals surface area contributed by atoms with Crippen LogP contribution in [-0.4, -0.2) is 19.5 Å². The summed E-state index contributed by atoms with van der Waals surface area (Å²) in [6.07, 6.45) is 7.39. The topological polar surface area (TPSA) is 43.6 Å². The van der Waals surface area contributed by atoms with E-state index in [2.05, 4.69) is 31.8 Å². The van der Waals surface area contributed by atoms with Crippen molar-refractivity contribution in [1.29, 1.82) is 0 Å². The van der Waals surface area contributed by atoms with Gasteiger partial charge in [-0.3, -0.25) is 4.98 Å². The van der Waals surface area contributed by atoms with Crippen LogP contribution in [0.25, 0.3) is 11.4 Å². The molecule has 0 saturated carbocycles. The fourth-order valence-electron chi connectivity index (χ4n) is 2.06. The first kappa shape index (κ1) is 12.0. The Labute approximate surface area is 115 Å². The molecule has 3 aromatic rings. The average Bonchev–Trinajstić information content (AvgIpc) is 3.07. The lowest BCUT2D eigenvalue weighted by atomic mass is 10.2. The van der Waals surface area contributed by atoms with E-state index < -0.39 is 0 Å². The van der Waals surface area contributed by atoms with Gasteiger partial charge in [-0.05, 0) is 26.0 Å². The Morgan fingerprint density at radius 3 is 2.68 bits per heavy atom. The second-order valence-electron chi connectivity index (χ2n) is 4.36. The molecular weight excluding hydrogens is 256 g/mol. The van der Waals surface area contributed by atoms with Crippen molar-refractivity contribution in [2.24, 2.45) is 0 Å². The minimum atomic E-state index is 0.176. The van der Waals surface area contributed by atoms with Crippen LogP contribution in [0, 0.1) is 6.92 Å². The molecule has 0 amide bonds. The summed E-state index contributed by atoms with van der Waals surface area (Å²) in [5.41, 5.74) is 2.15. The van der Waals surface area contributed by atoms with E-state index in [4.69, 9.17) is 0 Å². The third kappa shape index (κ3) is 2.29. The van der Waals surface area contributed by atoms with E-state index in [9.17, 15) is 0 Å². The van der Waals surface area contributed by atoms with Crippen LogP contribution in [0.1, 0.15) is 23.7 Å². The Hall–Kier alpha value is -2.01. The summed E-state index contributed by atoms with van der Waals surface area (Å²) in [5, 5.41) is 3.20. The van der Waals surface area contributed by atoms with Crippen LogP contribution >= 0.6 is 11.3 Å². The zero-order valence-electron chi connectivity index (χ0n) is 10.8. The van der Waals surface area contributed by atoms with Crippen molar-refractivity contribution < 1.29 is 0 Å². The highest BCUT2D eigenvalue weighted by Crippen LogP contribution is 2.25. The lowest BCUT2D eigenvalue weighted by Crippen LogP contribution is -2.08. The quantitative estimate of drug-likeness (QED) is 0.733. The summed E-state index contributed by atoms with van der Waals surface area (Å²) >= 11 is 1.68. The summed E-state index contributed by atoms with van der Waals surface area (Å²) in [5.74, 6) is 0.945. The first-order valence-electron chi connectivity index (χ1n) is 6.11. The van der Waals surface area contributed by atoms with Gasteiger partial charge in [0.25, 0.3) is 0 Å². The molecule has 1 atom stereocenters. The van der Waals surface area contributed by atoms with E-state index in [0.29, 0.717) is 0 Å². The Bertz CT molecular complexity index is 672. The summed E-state index contributed by atoms with van der Waals surface area (Å²) in [7, 11) is 0. The molecule has 0 aliphatic rings. The average molecular weight is 270 g/mol. The molecular formula is C14H14N4S. The number of aryl methyl sites for hydroxylation is 1. The number of rotatable bonds is 3. The number of pyridine rings is 1. The molecule has 0 fully saturated rings. The van der Waals surface area contributed by atoms with E-state index in [1.54, 1.807) is 23.7 Å². The number of thiazole rings is 1. The van der Waals surface area contributed by atoms with Crippen molar-refractivity contribution in [3.63, 3.8) is 0 Å². The molecule has 3 heterocycles. The SMILES string of the molecule is Cc1nc(C(C)n2ccnc2-c2ccncc2)cs1. The minimum Gasteiger partial charge on any atom is -0.322 e. The van der Waals surface area contributed by atoms with E-state index in [-0.39, 0.29) is 6.04 Å². The van der Waals surface area contributed by atoms with Gasteiger partial charge >= 0.3 is 0 Å². The molecule has 96 valence electrons. The maximum absolute atomic E-state index is 4.56. The standard InChI is InChI=1S/C14H14N4S/c1-10(13-9-19-11(2)17-13)18-8-7-16-14(18)12-3-5-15-6-4-12/h3-10H,1-2H3. The van der Waals surface area contributed by atoms with Crippen molar-refractivity contribution in [1.82, 2.24) is 19.5 Å². The van der Waals surface area contributed by atoms with Gasteiger partial charge in [0, 0.05) is 35.7 Å². The molecule has 19 heavy (non-hydrogen) atoms. The van der Waals surface area contributed by atoms with Crippen molar-refractivity contribution in [3.05, 3.63) is 53.0 Å². The number of imidazole rings is 1. The molecule has 0 spiro atoms. The molecule has 5 heteroatoms. The van der Waals surface area contributed by atoms with Crippen LogP contribution in [0.15, 0.2) is 42.3 Å². The van der Waals surface area contributed by atoms with Gasteiger partial charge in [-0.25, -0.2) is 9.97 Å². The van der Waals surface area contributed by atoms with E-state index in [0.717, 1.165) is 22.1 Å². The molecule has 3 aromatic heterocycles. The van der Waals surface area contributed by atoms with Crippen molar-refractivity contribution in [2.75, 3.05) is 0 Å². The van der Waals surface area contributed by atoms with Gasteiger partial charge in [-0.15, -0.1) is 11.3 Å². The van der Waals surface area contributed by atoms with Crippen molar-refractivity contribution in [3.8, 4) is 11.4 Å². The zero-order valence-corrected chi connectivity index (χ0v) is 11.6. The van der Waals surface area contributed by atoms with Gasteiger partial charge in [-0.2, -0.15) is 0 Å². The monoisotopic (exact) mass is 270 g/mol. The van der Waals surface area contributed by atoms with Gasteiger partial charge in [0.05, 0.1) is 16.7 Å². The van der Waals surface area contributed by atoms with Gasteiger partial charge in [0.1, 0.15) is 5.82 Å². The summed E-state index contributed by atoms with van der Waals surface area (Å²) in [4.78, 5) is 13.1. The Morgan fingerprint density at radius 1 is 1.21 bits per heavy atom. The molecule has 1 unspecified atom stereocenters. The molecule has 3 rings (SSSR count). The number of aromatic nitrogens is 4. The summed E-state index contributed by atoms with van der Waals surface area (Å²) in [6.45, 7) is 4.17. The third-order valence-electron chi connectivity index (χ3n) is 3.09. The fourth-order valence-corrected chi connectivity index (χ4v) is 2.76. The molecule has 0 aliphatic carbocycles. The summed E-state index contributed by atoms with van der Waals surface area (Å²) in [6, 6.07) is 4.12. The molecule has 0 aromatic carbocycles. The van der Waals surface area contributed by atoms with Gasteiger partial charge in [-0.1, -0.05) is 0 Å². The van der Waals surface area contributed by atoms with Gasteiger partial charge in [0.15, 0.2) is 0 Å². The number of hydrogen-bond acceptors (Lipinski definition) is 4. The van der Waals surface area contributed by atoms with Crippen LogP contribution in [0.5, 0.6) is 0 Å². The van der Waals surface area contributed by atoms with Gasteiger partial charge < -0.3 is 4.57 Å². The first-order valence-corrected chi connectivity index (χ1v) is 6.99. The van der Waals surface area contributed by atoms with Crippen molar-refractivity contribution >= 4 is 11.3 Å². The highest BCUT2D eigenvalue weighted by Gasteiger charge is 2.15. The Kier molecular flexibility index (Phi) is 3.13. The highest BCUT2D eigenvalue weighted by atomic mass is 32.1. The van der Waals surface area contributed by atoms with Gasteiger partial charge in [0.2, 0.25) is 0 Å². The molecule has 0 bridgehead atoms. The van der Waals surface area contributed by atoms with Crippen LogP contribution < -0.4 is 0 Å². The van der Waals surface area contributed by atoms with E-state index in [1.165, 1.54) is 0 Å². The van der Waals surface area contributed by atoms with Crippen LogP contribution in [0.3, 0.4) is 0 Å². The van der Waals surface area contributed by atoms with Crippen LogP contribution in [-0.2, 0) is 0 Å². The second-order valence-corrected chi connectivity index (χ2v) is 5.42.